The zero-order valence-corrected chi connectivity index (χ0v) is 16.5. The Morgan fingerprint density at radius 1 is 1.00 bits per heavy atom. The molecule has 0 saturated carbocycles. The van der Waals surface area contributed by atoms with Crippen molar-refractivity contribution in [1.29, 1.82) is 0 Å². The zero-order chi connectivity index (χ0) is 14.7. The maximum absolute atomic E-state index is 4.25. The Morgan fingerprint density at radius 2 is 1.55 bits per heavy atom. The summed E-state index contributed by atoms with van der Waals surface area (Å²) in [4.78, 5) is 6.73. The van der Waals surface area contributed by atoms with E-state index in [1.165, 1.54) is 19.3 Å². The Labute approximate surface area is 143 Å². The summed E-state index contributed by atoms with van der Waals surface area (Å²) < 4.78 is 0. The molecule has 0 spiro atoms. The molecule has 122 valence electrons. The molecule has 0 aromatic rings. The second kappa shape index (κ2) is 13.9. The third kappa shape index (κ3) is 10.7. The average Bonchev–Trinajstić information content (AvgIpc) is 2.36. The molecule has 0 heterocycles. The third-order valence-electron chi connectivity index (χ3n) is 3.29. The first-order chi connectivity index (χ1) is 9.02. The highest BCUT2D eigenvalue weighted by Gasteiger charge is 2.12. The fraction of sp³-hybridized carbons (Fsp3) is 0.933. The number of guanidine groups is 1. The van der Waals surface area contributed by atoms with Crippen LogP contribution in [0.25, 0.3) is 0 Å². The monoisotopic (exact) mass is 398 g/mol. The van der Waals surface area contributed by atoms with Gasteiger partial charge in [-0.1, -0.05) is 19.8 Å². The summed E-state index contributed by atoms with van der Waals surface area (Å²) in [6.45, 7) is 14.2. The summed E-state index contributed by atoms with van der Waals surface area (Å²) in [6, 6.07) is 1.17. The van der Waals surface area contributed by atoms with Crippen molar-refractivity contribution in [3.05, 3.63) is 0 Å². The number of nitrogens with zero attached hydrogens (tertiary/aromatic N) is 2. The van der Waals surface area contributed by atoms with Gasteiger partial charge in [0.25, 0.3) is 0 Å². The lowest BCUT2D eigenvalue weighted by molar-refractivity contribution is 0.178. The van der Waals surface area contributed by atoms with Gasteiger partial charge in [-0.3, -0.25) is 9.89 Å². The molecule has 0 saturated heterocycles. The van der Waals surface area contributed by atoms with Crippen LogP contribution in [0.15, 0.2) is 4.99 Å². The van der Waals surface area contributed by atoms with Crippen molar-refractivity contribution in [3.63, 3.8) is 0 Å². The minimum Gasteiger partial charge on any atom is -0.356 e. The number of nitrogens with one attached hydrogen (secondary N) is 2. The van der Waals surface area contributed by atoms with Gasteiger partial charge >= 0.3 is 0 Å². The van der Waals surface area contributed by atoms with Crippen LogP contribution in [0.3, 0.4) is 0 Å². The molecule has 20 heavy (non-hydrogen) atoms. The molecule has 0 aliphatic rings. The highest BCUT2D eigenvalue weighted by molar-refractivity contribution is 14.0. The van der Waals surface area contributed by atoms with Crippen LogP contribution < -0.4 is 10.6 Å². The summed E-state index contributed by atoms with van der Waals surface area (Å²) in [5.74, 6) is 0.920. The third-order valence-corrected chi connectivity index (χ3v) is 3.29. The highest BCUT2D eigenvalue weighted by atomic mass is 127. The lowest BCUT2D eigenvalue weighted by Crippen LogP contribution is -2.45. The first kappa shape index (κ1) is 22.2. The molecule has 0 aromatic heterocycles. The van der Waals surface area contributed by atoms with Crippen molar-refractivity contribution < 1.29 is 0 Å². The topological polar surface area (TPSA) is 39.7 Å². The largest absolute Gasteiger partial charge is 0.356 e. The molecule has 0 amide bonds. The molecule has 0 aliphatic heterocycles. The molecular formula is C15H35IN4. The van der Waals surface area contributed by atoms with Crippen LogP contribution in [0.1, 0.15) is 53.9 Å². The molecule has 0 aromatic carbocycles. The lowest BCUT2D eigenvalue weighted by Gasteiger charge is -2.30. The summed E-state index contributed by atoms with van der Waals surface area (Å²) in [5, 5.41) is 6.74. The fourth-order valence-corrected chi connectivity index (χ4v) is 2.22. The maximum atomic E-state index is 4.25. The summed E-state index contributed by atoms with van der Waals surface area (Å²) in [7, 11) is 1.83. The van der Waals surface area contributed by atoms with E-state index in [9.17, 15) is 0 Å². The molecule has 0 rings (SSSR count). The Balaban J connectivity index is 0. The Kier molecular flexibility index (Phi) is 15.5. The van der Waals surface area contributed by atoms with Crippen molar-refractivity contribution in [2.24, 2.45) is 4.99 Å². The number of aliphatic imine (C=N–C) groups is 1. The van der Waals surface area contributed by atoms with E-state index in [0.29, 0.717) is 12.1 Å². The smallest absolute Gasteiger partial charge is 0.191 e. The normalized spacial score (nSPS) is 11.9. The van der Waals surface area contributed by atoms with Crippen LogP contribution >= 0.6 is 24.0 Å². The Hall–Kier alpha value is -0.0400. The average molecular weight is 398 g/mol. The van der Waals surface area contributed by atoms with Gasteiger partial charge in [-0.15, -0.1) is 24.0 Å². The van der Waals surface area contributed by atoms with E-state index in [1.807, 2.05) is 7.05 Å². The Bertz CT molecular complexity index is 234. The van der Waals surface area contributed by atoms with E-state index in [0.717, 1.165) is 25.6 Å². The number of hydrogen-bond donors (Lipinski definition) is 2. The lowest BCUT2D eigenvalue weighted by atomic mass is 10.2. The van der Waals surface area contributed by atoms with Crippen LogP contribution in [0.4, 0.5) is 0 Å². The summed E-state index contributed by atoms with van der Waals surface area (Å²) >= 11 is 0. The van der Waals surface area contributed by atoms with Crippen molar-refractivity contribution in [3.8, 4) is 0 Å². The molecule has 0 fully saturated rings. The van der Waals surface area contributed by atoms with E-state index in [-0.39, 0.29) is 24.0 Å². The minimum atomic E-state index is 0. The summed E-state index contributed by atoms with van der Waals surface area (Å²) in [5.41, 5.74) is 0. The molecular weight excluding hydrogens is 363 g/mol. The van der Waals surface area contributed by atoms with Gasteiger partial charge in [-0.25, -0.2) is 0 Å². The van der Waals surface area contributed by atoms with E-state index < -0.39 is 0 Å². The first-order valence-corrected chi connectivity index (χ1v) is 7.73. The second-order valence-corrected chi connectivity index (χ2v) is 5.56. The van der Waals surface area contributed by atoms with E-state index >= 15 is 0 Å². The highest BCUT2D eigenvalue weighted by Crippen LogP contribution is 2.03. The van der Waals surface area contributed by atoms with Gasteiger partial charge in [0.05, 0.1) is 0 Å². The van der Waals surface area contributed by atoms with Crippen LogP contribution in [0, 0.1) is 0 Å². The SMILES string of the molecule is CCCCCNC(=NC)NCCN(C(C)C)C(C)C.I. The molecule has 0 aliphatic carbocycles. The van der Waals surface area contributed by atoms with Gasteiger partial charge in [0.15, 0.2) is 5.96 Å². The van der Waals surface area contributed by atoms with Gasteiger partial charge in [-0.05, 0) is 34.1 Å². The van der Waals surface area contributed by atoms with Crippen LogP contribution in [-0.2, 0) is 0 Å². The van der Waals surface area contributed by atoms with Crippen molar-refractivity contribution in [1.82, 2.24) is 15.5 Å². The second-order valence-electron chi connectivity index (χ2n) is 5.56. The van der Waals surface area contributed by atoms with Gasteiger partial charge < -0.3 is 10.6 Å². The number of hydrogen-bond acceptors (Lipinski definition) is 2. The van der Waals surface area contributed by atoms with E-state index in [2.05, 4.69) is 55.1 Å². The number of rotatable bonds is 9. The predicted molar refractivity (Wildman–Crippen MR) is 101 cm³/mol. The van der Waals surface area contributed by atoms with Gasteiger partial charge in [-0.2, -0.15) is 0 Å². The van der Waals surface area contributed by atoms with Gasteiger partial charge in [0.1, 0.15) is 0 Å². The van der Waals surface area contributed by atoms with E-state index in [4.69, 9.17) is 0 Å². The maximum Gasteiger partial charge on any atom is 0.191 e. The van der Waals surface area contributed by atoms with Gasteiger partial charge in [0, 0.05) is 38.8 Å². The summed E-state index contributed by atoms with van der Waals surface area (Å²) in [6.07, 6.45) is 3.74. The first-order valence-electron chi connectivity index (χ1n) is 7.73. The van der Waals surface area contributed by atoms with Crippen molar-refractivity contribution in [2.75, 3.05) is 26.7 Å². The van der Waals surface area contributed by atoms with Crippen LogP contribution in [0.5, 0.6) is 0 Å². The van der Waals surface area contributed by atoms with E-state index in [1.54, 1.807) is 0 Å². The minimum absolute atomic E-state index is 0. The number of halogens is 1. The molecule has 0 atom stereocenters. The number of unbranched alkanes of at least 4 members (excludes halogenated alkanes) is 2. The van der Waals surface area contributed by atoms with Crippen LogP contribution in [-0.4, -0.2) is 49.6 Å². The van der Waals surface area contributed by atoms with Crippen molar-refractivity contribution in [2.45, 2.75) is 66.0 Å². The fourth-order valence-electron chi connectivity index (χ4n) is 2.22. The molecule has 0 radical (unpaired) electrons. The van der Waals surface area contributed by atoms with Crippen molar-refractivity contribution >= 4 is 29.9 Å². The predicted octanol–water partition coefficient (Wildman–Crippen LogP) is 3.08. The molecule has 2 N–H and O–H groups in total. The quantitative estimate of drug-likeness (QED) is 0.271. The molecule has 5 heteroatoms. The molecule has 4 nitrogen and oxygen atoms in total. The van der Waals surface area contributed by atoms with Crippen LogP contribution in [0.2, 0.25) is 0 Å². The standard InChI is InChI=1S/C15H34N4.HI/c1-7-8-9-10-17-15(16-6)18-11-12-19(13(2)3)14(4)5;/h13-14H,7-12H2,1-6H3,(H2,16,17,18);1H. The zero-order valence-electron chi connectivity index (χ0n) is 14.2. The molecule has 0 bridgehead atoms. The van der Waals surface area contributed by atoms with Gasteiger partial charge in [0.2, 0.25) is 0 Å². The Morgan fingerprint density at radius 3 is 2.00 bits per heavy atom. The molecule has 0 unspecified atom stereocenters.